The van der Waals surface area contributed by atoms with Crippen molar-refractivity contribution in [2.45, 2.75) is 13.3 Å². The average molecular weight is 143 g/mol. The molecule has 1 aromatic rings. The summed E-state index contributed by atoms with van der Waals surface area (Å²) in [5, 5.41) is 7.88. The Labute approximate surface area is 61.3 Å². The van der Waals surface area contributed by atoms with E-state index in [1.807, 2.05) is 37.3 Å². The van der Waals surface area contributed by atoms with Gasteiger partial charge < -0.3 is 5.11 Å². The van der Waals surface area contributed by atoms with Crippen LogP contribution in [0.2, 0.25) is 0 Å². The van der Waals surface area contributed by atoms with Crippen LogP contribution in [0.1, 0.15) is 13.3 Å². The lowest BCUT2D eigenvalue weighted by atomic mass is 10.5. The van der Waals surface area contributed by atoms with Gasteiger partial charge in [0.2, 0.25) is 6.33 Å². The van der Waals surface area contributed by atoms with Crippen molar-refractivity contribution in [1.29, 1.82) is 0 Å². The largest absolute Gasteiger partial charge is 0.396 e. The summed E-state index contributed by atoms with van der Waals surface area (Å²) in [4.78, 5) is 2.89. The molecule has 0 radical (unpaired) electrons. The van der Waals surface area contributed by atoms with Gasteiger partial charge in [0, 0.05) is 6.61 Å². The number of nitrogens with zero attached hydrogens (tertiary/aromatic N) is 1. The summed E-state index contributed by atoms with van der Waals surface area (Å²) < 4.78 is 1.94. The van der Waals surface area contributed by atoms with E-state index in [0.29, 0.717) is 6.61 Å². The summed E-state index contributed by atoms with van der Waals surface area (Å²) in [6.45, 7) is 2.25. The topological polar surface area (TPSA) is 39.9 Å². The van der Waals surface area contributed by atoms with Crippen LogP contribution in [0.25, 0.3) is 0 Å². The fraction of sp³-hybridized carbons (Fsp3) is 0.571. The quantitative estimate of drug-likeness (QED) is 0.543. The number of hydrogen-bond donors (Lipinski definition) is 2. The minimum absolute atomic E-state index is 0.319. The molecule has 58 valence electrons. The first-order chi connectivity index (χ1) is 4.81. The first kappa shape index (κ1) is 9.17. The van der Waals surface area contributed by atoms with E-state index in [1.54, 1.807) is 0 Å². The van der Waals surface area contributed by atoms with Crippen molar-refractivity contribution in [2.75, 3.05) is 6.61 Å². The standard InChI is InChI=1S/C4H6N2.C3H8O/c1-6-3-2-5-4-6;1-2-3-4/h2-4H,1H3;4H,2-3H2,1H3/p+1. The number of hydrogen-bond acceptors (Lipinski definition) is 1. The summed E-state index contributed by atoms with van der Waals surface area (Å²) in [5.74, 6) is 0. The Balaban J connectivity index is 0.000000180. The summed E-state index contributed by atoms with van der Waals surface area (Å²) in [6.07, 6.45) is 6.57. The van der Waals surface area contributed by atoms with Crippen LogP contribution in [0.15, 0.2) is 18.7 Å². The maximum Gasteiger partial charge on any atom is 0.241 e. The van der Waals surface area contributed by atoms with E-state index in [0.717, 1.165) is 6.42 Å². The summed E-state index contributed by atoms with van der Waals surface area (Å²) in [6, 6.07) is 0. The van der Waals surface area contributed by atoms with Crippen LogP contribution in [-0.2, 0) is 7.05 Å². The van der Waals surface area contributed by atoms with Crippen molar-refractivity contribution in [2.24, 2.45) is 7.05 Å². The van der Waals surface area contributed by atoms with E-state index in [4.69, 9.17) is 5.11 Å². The molecule has 0 saturated carbocycles. The second-order valence-electron chi connectivity index (χ2n) is 2.00. The molecule has 0 aliphatic carbocycles. The third-order valence-corrected chi connectivity index (χ3v) is 0.908. The van der Waals surface area contributed by atoms with E-state index in [-0.39, 0.29) is 0 Å². The number of aromatic nitrogens is 2. The first-order valence-corrected chi connectivity index (χ1v) is 3.40. The van der Waals surface area contributed by atoms with Crippen LogP contribution < -0.4 is 4.57 Å². The van der Waals surface area contributed by atoms with Crippen molar-refractivity contribution in [3.8, 4) is 0 Å². The molecule has 0 bridgehead atoms. The Morgan fingerprint density at radius 2 is 2.20 bits per heavy atom. The van der Waals surface area contributed by atoms with Gasteiger partial charge in [-0.2, -0.15) is 0 Å². The van der Waals surface area contributed by atoms with Crippen molar-refractivity contribution >= 4 is 0 Å². The molecular weight excluding hydrogens is 128 g/mol. The molecule has 0 saturated heterocycles. The monoisotopic (exact) mass is 143 g/mol. The van der Waals surface area contributed by atoms with E-state index < -0.39 is 0 Å². The maximum atomic E-state index is 7.88. The van der Waals surface area contributed by atoms with Gasteiger partial charge in [-0.3, -0.25) is 4.98 Å². The van der Waals surface area contributed by atoms with Crippen LogP contribution in [0.4, 0.5) is 0 Å². The second-order valence-corrected chi connectivity index (χ2v) is 2.00. The van der Waals surface area contributed by atoms with Crippen molar-refractivity contribution in [3.05, 3.63) is 18.7 Å². The lowest BCUT2D eigenvalue weighted by Crippen LogP contribution is -2.22. The minimum atomic E-state index is 0.319. The minimum Gasteiger partial charge on any atom is -0.396 e. The van der Waals surface area contributed by atoms with Crippen LogP contribution >= 0.6 is 0 Å². The molecule has 3 heteroatoms. The predicted molar refractivity (Wildman–Crippen MR) is 39.3 cm³/mol. The van der Waals surface area contributed by atoms with Gasteiger partial charge in [-0.05, 0) is 6.42 Å². The summed E-state index contributed by atoms with van der Waals surface area (Å²) >= 11 is 0. The van der Waals surface area contributed by atoms with E-state index in [2.05, 4.69) is 4.98 Å². The zero-order chi connectivity index (χ0) is 7.82. The summed E-state index contributed by atoms with van der Waals surface area (Å²) in [7, 11) is 1.97. The molecule has 0 aromatic carbocycles. The Kier molecular flexibility index (Phi) is 5.77. The molecule has 3 nitrogen and oxygen atoms in total. The molecule has 10 heavy (non-hydrogen) atoms. The van der Waals surface area contributed by atoms with Gasteiger partial charge in [0.1, 0.15) is 12.4 Å². The fourth-order valence-electron chi connectivity index (χ4n) is 0.364. The van der Waals surface area contributed by atoms with Crippen molar-refractivity contribution < 1.29 is 9.67 Å². The number of aliphatic hydroxyl groups is 1. The van der Waals surface area contributed by atoms with Crippen molar-refractivity contribution in [1.82, 2.24) is 4.98 Å². The summed E-state index contributed by atoms with van der Waals surface area (Å²) in [5.41, 5.74) is 0. The first-order valence-electron chi connectivity index (χ1n) is 3.40. The molecule has 0 unspecified atom stereocenters. The van der Waals surface area contributed by atoms with Crippen LogP contribution in [0, 0.1) is 0 Å². The van der Waals surface area contributed by atoms with E-state index in [1.165, 1.54) is 0 Å². The number of aromatic amines is 1. The van der Waals surface area contributed by atoms with Gasteiger partial charge in [0.15, 0.2) is 0 Å². The lowest BCUT2D eigenvalue weighted by Gasteiger charge is -1.69. The fourth-order valence-corrected chi connectivity index (χ4v) is 0.364. The highest BCUT2D eigenvalue weighted by Crippen LogP contribution is 1.61. The number of aryl methyl sites for hydroxylation is 1. The van der Waals surface area contributed by atoms with E-state index >= 15 is 0 Å². The molecule has 0 fully saturated rings. The van der Waals surface area contributed by atoms with Gasteiger partial charge in [0.05, 0.1) is 7.05 Å². The molecule has 0 aliphatic rings. The zero-order valence-corrected chi connectivity index (χ0v) is 6.54. The van der Waals surface area contributed by atoms with Gasteiger partial charge >= 0.3 is 0 Å². The molecule has 0 aliphatic heterocycles. The average Bonchev–Trinajstić information content (AvgIpc) is 2.40. The van der Waals surface area contributed by atoms with Gasteiger partial charge in [-0.25, -0.2) is 4.57 Å². The smallest absolute Gasteiger partial charge is 0.241 e. The highest BCUT2D eigenvalue weighted by molar-refractivity contribution is 4.54. The molecule has 1 aromatic heterocycles. The zero-order valence-electron chi connectivity index (χ0n) is 6.54. The number of imidazole rings is 1. The molecule has 2 N–H and O–H groups in total. The Morgan fingerprint density at radius 3 is 2.30 bits per heavy atom. The third kappa shape index (κ3) is 5.31. The highest BCUT2D eigenvalue weighted by atomic mass is 16.2. The van der Waals surface area contributed by atoms with Gasteiger partial charge in [0.25, 0.3) is 0 Å². The second kappa shape index (κ2) is 6.29. The van der Waals surface area contributed by atoms with Crippen LogP contribution in [0.3, 0.4) is 0 Å². The Morgan fingerprint density at radius 1 is 1.60 bits per heavy atom. The lowest BCUT2D eigenvalue weighted by molar-refractivity contribution is -0.670. The van der Waals surface area contributed by atoms with Gasteiger partial charge in [-0.1, -0.05) is 6.92 Å². The Hall–Kier alpha value is -0.830. The molecule has 0 amide bonds. The number of aliphatic hydroxyl groups excluding tert-OH is 1. The highest BCUT2D eigenvalue weighted by Gasteiger charge is 1.78. The predicted octanol–water partition coefficient (Wildman–Crippen LogP) is 0.228. The number of nitrogens with one attached hydrogen (secondary N) is 1. The number of rotatable bonds is 1. The normalized spacial score (nSPS) is 8.30. The molecule has 1 rings (SSSR count). The molecule has 0 spiro atoms. The maximum absolute atomic E-state index is 7.88. The van der Waals surface area contributed by atoms with Crippen LogP contribution in [-0.4, -0.2) is 16.7 Å². The Bertz CT molecular complexity index is 135. The molecule has 1 heterocycles. The van der Waals surface area contributed by atoms with E-state index in [9.17, 15) is 0 Å². The molecular formula is C7H15N2O+. The SMILES string of the molecule is CCCO.C[n+]1cc[nH]c1. The van der Waals surface area contributed by atoms with Gasteiger partial charge in [-0.15, -0.1) is 0 Å². The van der Waals surface area contributed by atoms with Crippen molar-refractivity contribution in [3.63, 3.8) is 0 Å². The number of H-pyrrole nitrogens is 1. The third-order valence-electron chi connectivity index (χ3n) is 0.908. The molecule has 0 atom stereocenters. The van der Waals surface area contributed by atoms with Crippen LogP contribution in [0.5, 0.6) is 0 Å².